The van der Waals surface area contributed by atoms with E-state index in [1.165, 1.54) is 0 Å². The highest BCUT2D eigenvalue weighted by Crippen LogP contribution is 2.21. The number of rotatable bonds is 8. The van der Waals surface area contributed by atoms with Crippen LogP contribution >= 0.6 is 11.6 Å². The van der Waals surface area contributed by atoms with Crippen LogP contribution in [0.1, 0.15) is 37.6 Å². The molecule has 0 spiro atoms. The Morgan fingerprint density at radius 1 is 1.29 bits per heavy atom. The van der Waals surface area contributed by atoms with Crippen molar-refractivity contribution in [1.29, 1.82) is 0 Å². The summed E-state index contributed by atoms with van der Waals surface area (Å²) in [6.45, 7) is 1.98. The number of nitrogens with one attached hydrogen (secondary N) is 1. The minimum Gasteiger partial charge on any atom is -0.411 e. The molecule has 1 N–H and O–H groups in total. The van der Waals surface area contributed by atoms with Crippen molar-refractivity contribution < 1.29 is 17.6 Å². The standard InChI is InChI=1S/C15H18ClN3O4S/c1-2-3-8-13(20)17-9-14-18-19-15(23-14)24(21,22)10-11-6-4-5-7-12(11)16/h4-7H,2-3,8-10H2,1H3,(H,17,20). The quantitative estimate of drug-likeness (QED) is 0.764. The first-order valence-electron chi connectivity index (χ1n) is 7.47. The van der Waals surface area contributed by atoms with Gasteiger partial charge in [-0.3, -0.25) is 4.79 Å². The molecule has 0 bridgehead atoms. The van der Waals surface area contributed by atoms with Crippen LogP contribution in [0.4, 0.5) is 0 Å². The first-order chi connectivity index (χ1) is 11.4. The Labute approximate surface area is 145 Å². The van der Waals surface area contributed by atoms with Gasteiger partial charge >= 0.3 is 5.22 Å². The number of unbranched alkanes of at least 4 members (excludes halogenated alkanes) is 1. The summed E-state index contributed by atoms with van der Waals surface area (Å²) in [6, 6.07) is 6.63. The molecule has 1 heterocycles. The molecular weight excluding hydrogens is 354 g/mol. The fourth-order valence-corrected chi connectivity index (χ4v) is 3.37. The van der Waals surface area contributed by atoms with Gasteiger partial charge in [0.25, 0.3) is 0 Å². The van der Waals surface area contributed by atoms with Gasteiger partial charge < -0.3 is 9.73 Å². The van der Waals surface area contributed by atoms with Gasteiger partial charge in [-0.1, -0.05) is 48.2 Å². The highest BCUT2D eigenvalue weighted by atomic mass is 35.5. The van der Waals surface area contributed by atoms with E-state index in [9.17, 15) is 13.2 Å². The Morgan fingerprint density at radius 3 is 2.75 bits per heavy atom. The summed E-state index contributed by atoms with van der Waals surface area (Å²) in [7, 11) is -3.81. The van der Waals surface area contributed by atoms with Gasteiger partial charge in [-0.2, -0.15) is 0 Å². The van der Waals surface area contributed by atoms with E-state index in [4.69, 9.17) is 16.0 Å². The largest absolute Gasteiger partial charge is 0.411 e. The monoisotopic (exact) mass is 371 g/mol. The van der Waals surface area contributed by atoms with Crippen LogP contribution < -0.4 is 5.32 Å². The molecule has 1 aromatic carbocycles. The van der Waals surface area contributed by atoms with Gasteiger partial charge in [-0.05, 0) is 18.1 Å². The first-order valence-corrected chi connectivity index (χ1v) is 9.50. The Morgan fingerprint density at radius 2 is 2.04 bits per heavy atom. The van der Waals surface area contributed by atoms with Crippen molar-refractivity contribution in [3.05, 3.63) is 40.7 Å². The molecule has 2 aromatic rings. The minimum absolute atomic E-state index is 0.00282. The predicted molar refractivity (Wildman–Crippen MR) is 88.0 cm³/mol. The summed E-state index contributed by atoms with van der Waals surface area (Å²) >= 11 is 5.97. The fraction of sp³-hybridized carbons (Fsp3) is 0.400. The molecule has 0 saturated heterocycles. The van der Waals surface area contributed by atoms with Crippen LogP contribution in [0.5, 0.6) is 0 Å². The average Bonchev–Trinajstić information content (AvgIpc) is 3.03. The Bertz CT molecular complexity index is 805. The zero-order valence-electron chi connectivity index (χ0n) is 13.2. The number of carbonyl (C=O) groups excluding carboxylic acids is 1. The van der Waals surface area contributed by atoms with E-state index in [1.807, 2.05) is 6.92 Å². The van der Waals surface area contributed by atoms with Crippen molar-refractivity contribution in [3.8, 4) is 0 Å². The molecule has 7 nitrogen and oxygen atoms in total. The van der Waals surface area contributed by atoms with Crippen LogP contribution in [0, 0.1) is 0 Å². The normalized spacial score (nSPS) is 11.4. The second-order valence-corrected chi connectivity index (χ2v) is 7.47. The number of amides is 1. The third-order valence-corrected chi connectivity index (χ3v) is 4.97. The summed E-state index contributed by atoms with van der Waals surface area (Å²) in [4.78, 5) is 11.5. The molecule has 0 radical (unpaired) electrons. The van der Waals surface area contributed by atoms with Crippen molar-refractivity contribution in [3.63, 3.8) is 0 Å². The van der Waals surface area contributed by atoms with Gasteiger partial charge in [0.2, 0.25) is 21.6 Å². The molecule has 2 rings (SSSR count). The lowest BCUT2D eigenvalue weighted by Gasteiger charge is -2.02. The summed E-state index contributed by atoms with van der Waals surface area (Å²) in [6.07, 6.45) is 2.11. The molecule has 24 heavy (non-hydrogen) atoms. The Balaban J connectivity index is 2.01. The molecule has 0 unspecified atom stereocenters. The van der Waals surface area contributed by atoms with E-state index >= 15 is 0 Å². The van der Waals surface area contributed by atoms with Crippen LogP contribution in [0.2, 0.25) is 5.02 Å². The molecule has 0 saturated carbocycles. The number of carbonyl (C=O) groups is 1. The summed E-state index contributed by atoms with van der Waals surface area (Å²) in [5.41, 5.74) is 0.451. The number of benzene rings is 1. The molecule has 0 fully saturated rings. The lowest BCUT2D eigenvalue weighted by atomic mass is 10.2. The molecule has 130 valence electrons. The number of hydrogen-bond donors (Lipinski definition) is 1. The number of hydrogen-bond acceptors (Lipinski definition) is 6. The van der Waals surface area contributed by atoms with Gasteiger partial charge in [-0.15, -0.1) is 5.10 Å². The van der Waals surface area contributed by atoms with Crippen LogP contribution in [0.25, 0.3) is 0 Å². The van der Waals surface area contributed by atoms with Crippen molar-refractivity contribution >= 4 is 27.3 Å². The van der Waals surface area contributed by atoms with E-state index in [0.717, 1.165) is 12.8 Å². The maximum atomic E-state index is 12.3. The van der Waals surface area contributed by atoms with Gasteiger partial charge in [0.15, 0.2) is 0 Å². The van der Waals surface area contributed by atoms with E-state index in [-0.39, 0.29) is 24.1 Å². The second-order valence-electron chi connectivity index (χ2n) is 5.19. The molecule has 0 atom stereocenters. The maximum absolute atomic E-state index is 12.3. The summed E-state index contributed by atoms with van der Waals surface area (Å²) in [5, 5.41) is 9.68. The van der Waals surface area contributed by atoms with Crippen LogP contribution in [0.3, 0.4) is 0 Å². The van der Waals surface area contributed by atoms with E-state index in [1.54, 1.807) is 24.3 Å². The van der Waals surface area contributed by atoms with Crippen molar-refractivity contribution in [2.24, 2.45) is 0 Å². The fourth-order valence-electron chi connectivity index (χ4n) is 1.92. The SMILES string of the molecule is CCCCC(=O)NCc1nnc(S(=O)(=O)Cc2ccccc2Cl)o1. The molecule has 0 aliphatic rings. The van der Waals surface area contributed by atoms with Crippen LogP contribution in [0.15, 0.2) is 33.9 Å². The minimum atomic E-state index is -3.81. The highest BCUT2D eigenvalue weighted by Gasteiger charge is 2.24. The molecule has 0 aliphatic carbocycles. The number of aromatic nitrogens is 2. The number of nitrogens with zero attached hydrogens (tertiary/aromatic N) is 2. The second kappa shape index (κ2) is 8.25. The van der Waals surface area contributed by atoms with E-state index in [2.05, 4.69) is 15.5 Å². The highest BCUT2D eigenvalue weighted by molar-refractivity contribution is 7.90. The molecule has 1 amide bonds. The Hall–Kier alpha value is -1.93. The van der Waals surface area contributed by atoms with Gasteiger partial charge in [0.05, 0.1) is 12.3 Å². The van der Waals surface area contributed by atoms with Gasteiger partial charge in [0, 0.05) is 11.4 Å². The van der Waals surface area contributed by atoms with E-state index < -0.39 is 15.1 Å². The average molecular weight is 372 g/mol. The maximum Gasteiger partial charge on any atom is 0.335 e. The zero-order chi connectivity index (χ0) is 17.6. The van der Waals surface area contributed by atoms with E-state index in [0.29, 0.717) is 17.0 Å². The lowest BCUT2D eigenvalue weighted by molar-refractivity contribution is -0.121. The van der Waals surface area contributed by atoms with Crippen molar-refractivity contribution in [2.45, 2.75) is 43.7 Å². The third kappa shape index (κ3) is 5.04. The van der Waals surface area contributed by atoms with Crippen molar-refractivity contribution in [1.82, 2.24) is 15.5 Å². The summed E-state index contributed by atoms with van der Waals surface area (Å²) in [5.74, 6) is -0.440. The zero-order valence-corrected chi connectivity index (χ0v) is 14.7. The molecule has 1 aromatic heterocycles. The molecular formula is C15H18ClN3O4S. The predicted octanol–water partition coefficient (Wildman–Crippen LogP) is 2.50. The summed E-state index contributed by atoms with van der Waals surface area (Å²) < 4.78 is 29.8. The number of sulfone groups is 1. The molecule has 9 heteroatoms. The molecule has 0 aliphatic heterocycles. The van der Waals surface area contributed by atoms with Crippen LogP contribution in [-0.4, -0.2) is 24.5 Å². The Kier molecular flexibility index (Phi) is 6.33. The number of halogens is 1. The smallest absolute Gasteiger partial charge is 0.335 e. The van der Waals surface area contributed by atoms with Crippen LogP contribution in [-0.2, 0) is 26.9 Å². The van der Waals surface area contributed by atoms with Gasteiger partial charge in [0.1, 0.15) is 0 Å². The lowest BCUT2D eigenvalue weighted by Crippen LogP contribution is -2.22. The topological polar surface area (TPSA) is 102 Å². The van der Waals surface area contributed by atoms with Crippen molar-refractivity contribution in [2.75, 3.05) is 0 Å². The first kappa shape index (κ1) is 18.4. The van der Waals surface area contributed by atoms with Gasteiger partial charge in [-0.25, -0.2) is 8.42 Å². The third-order valence-electron chi connectivity index (χ3n) is 3.21.